The van der Waals surface area contributed by atoms with E-state index in [1.165, 1.54) is 6.07 Å². The Hall–Kier alpha value is -2.14. The fraction of sp³-hybridized carbons (Fsp3) is 0.133. The van der Waals surface area contributed by atoms with E-state index in [9.17, 15) is 13.6 Å². The van der Waals surface area contributed by atoms with E-state index >= 15 is 0 Å². The summed E-state index contributed by atoms with van der Waals surface area (Å²) in [4.78, 5) is 11.8. The maximum Gasteiger partial charge on any atom is 0.262 e. The van der Waals surface area contributed by atoms with Gasteiger partial charge in [0, 0.05) is 16.8 Å². The molecule has 0 fully saturated rings. The first-order chi connectivity index (χ1) is 9.97. The Morgan fingerprint density at radius 3 is 2.71 bits per heavy atom. The van der Waals surface area contributed by atoms with Crippen LogP contribution in [0.1, 0.15) is 5.56 Å². The van der Waals surface area contributed by atoms with Gasteiger partial charge in [0.15, 0.2) is 18.2 Å². The molecule has 0 heterocycles. The lowest BCUT2D eigenvalue weighted by Crippen LogP contribution is -2.20. The third kappa shape index (κ3) is 3.92. The van der Waals surface area contributed by atoms with Crippen LogP contribution in [0.3, 0.4) is 0 Å². The van der Waals surface area contributed by atoms with Gasteiger partial charge in [-0.15, -0.1) is 0 Å². The number of carbonyl (C=O) groups is 1. The summed E-state index contributed by atoms with van der Waals surface area (Å²) >= 11 is 5.94. The highest BCUT2D eigenvalue weighted by Gasteiger charge is 2.09. The highest BCUT2D eigenvalue weighted by Crippen LogP contribution is 2.23. The topological polar surface area (TPSA) is 38.3 Å². The molecule has 0 spiro atoms. The summed E-state index contributed by atoms with van der Waals surface area (Å²) in [6.07, 6.45) is 0. The Bertz CT molecular complexity index is 677. The van der Waals surface area contributed by atoms with Crippen molar-refractivity contribution in [1.82, 2.24) is 0 Å². The molecule has 0 radical (unpaired) electrons. The van der Waals surface area contributed by atoms with Gasteiger partial charge < -0.3 is 10.1 Å². The fourth-order valence-electron chi connectivity index (χ4n) is 1.64. The first-order valence-corrected chi connectivity index (χ1v) is 6.48. The molecular weight excluding hydrogens is 300 g/mol. The number of carbonyl (C=O) groups excluding carboxylic acids is 1. The van der Waals surface area contributed by atoms with Crippen LogP contribution in [0.4, 0.5) is 14.5 Å². The van der Waals surface area contributed by atoms with Crippen LogP contribution in [0.15, 0.2) is 36.4 Å². The quantitative estimate of drug-likeness (QED) is 0.928. The molecule has 0 atom stereocenters. The number of amides is 1. The molecule has 21 heavy (non-hydrogen) atoms. The Balaban J connectivity index is 1.96. The molecule has 2 aromatic rings. The zero-order chi connectivity index (χ0) is 15.4. The first-order valence-electron chi connectivity index (χ1n) is 6.10. The van der Waals surface area contributed by atoms with Crippen molar-refractivity contribution in [3.63, 3.8) is 0 Å². The zero-order valence-corrected chi connectivity index (χ0v) is 11.9. The molecule has 2 rings (SSSR count). The number of nitrogens with one attached hydrogen (secondary N) is 1. The molecule has 1 amide bonds. The second kappa shape index (κ2) is 6.54. The van der Waals surface area contributed by atoms with E-state index < -0.39 is 17.5 Å². The molecule has 6 heteroatoms. The summed E-state index contributed by atoms with van der Waals surface area (Å²) in [5.74, 6) is -2.35. The van der Waals surface area contributed by atoms with Crippen molar-refractivity contribution >= 4 is 23.2 Å². The third-order valence-electron chi connectivity index (χ3n) is 2.80. The molecular formula is C15H12ClF2NO2. The average molecular weight is 312 g/mol. The van der Waals surface area contributed by atoms with Crippen LogP contribution in [0.5, 0.6) is 5.75 Å². The predicted molar refractivity (Wildman–Crippen MR) is 76.7 cm³/mol. The van der Waals surface area contributed by atoms with E-state index in [0.717, 1.165) is 17.7 Å². The minimum atomic E-state index is -1.03. The Morgan fingerprint density at radius 1 is 1.24 bits per heavy atom. The van der Waals surface area contributed by atoms with Gasteiger partial charge in [0.05, 0.1) is 0 Å². The van der Waals surface area contributed by atoms with Gasteiger partial charge in [-0.3, -0.25) is 4.79 Å². The number of hydrogen-bond acceptors (Lipinski definition) is 2. The maximum atomic E-state index is 13.0. The van der Waals surface area contributed by atoms with Gasteiger partial charge in [-0.25, -0.2) is 8.78 Å². The van der Waals surface area contributed by atoms with Crippen LogP contribution in [-0.4, -0.2) is 12.5 Å². The number of benzene rings is 2. The van der Waals surface area contributed by atoms with Gasteiger partial charge >= 0.3 is 0 Å². The Labute approximate surface area is 125 Å². The van der Waals surface area contributed by atoms with Crippen molar-refractivity contribution in [2.24, 2.45) is 0 Å². The summed E-state index contributed by atoms with van der Waals surface area (Å²) in [7, 11) is 0. The standard InChI is InChI=1S/C15H12ClF2NO2/c1-9-11(16)3-2-4-14(9)19-15(20)8-21-10-5-6-12(17)13(18)7-10/h2-7H,8H2,1H3,(H,19,20). The molecule has 3 nitrogen and oxygen atoms in total. The van der Waals surface area contributed by atoms with E-state index in [4.69, 9.17) is 16.3 Å². The van der Waals surface area contributed by atoms with Gasteiger partial charge in [0.1, 0.15) is 5.75 Å². The number of ether oxygens (including phenoxy) is 1. The van der Waals surface area contributed by atoms with Crippen molar-refractivity contribution in [1.29, 1.82) is 0 Å². The van der Waals surface area contributed by atoms with Gasteiger partial charge in [0.2, 0.25) is 0 Å². The Kier molecular flexibility index (Phi) is 4.75. The minimum Gasteiger partial charge on any atom is -0.484 e. The molecule has 2 aromatic carbocycles. The molecule has 110 valence electrons. The van der Waals surface area contributed by atoms with E-state index in [-0.39, 0.29) is 12.4 Å². The van der Waals surface area contributed by atoms with Gasteiger partial charge in [-0.2, -0.15) is 0 Å². The second-order valence-electron chi connectivity index (χ2n) is 4.33. The SMILES string of the molecule is Cc1c(Cl)cccc1NC(=O)COc1ccc(F)c(F)c1. The maximum absolute atomic E-state index is 13.0. The highest BCUT2D eigenvalue weighted by molar-refractivity contribution is 6.31. The van der Waals surface area contributed by atoms with Crippen LogP contribution in [-0.2, 0) is 4.79 Å². The smallest absolute Gasteiger partial charge is 0.262 e. The van der Waals surface area contributed by atoms with Crippen LogP contribution in [0, 0.1) is 18.6 Å². The molecule has 0 unspecified atom stereocenters. The normalized spacial score (nSPS) is 10.3. The molecule has 0 aliphatic carbocycles. The monoisotopic (exact) mass is 311 g/mol. The molecule has 0 aliphatic rings. The molecule has 0 bridgehead atoms. The van der Waals surface area contributed by atoms with Gasteiger partial charge in [-0.05, 0) is 36.8 Å². The Morgan fingerprint density at radius 2 is 2.00 bits per heavy atom. The lowest BCUT2D eigenvalue weighted by molar-refractivity contribution is -0.118. The summed E-state index contributed by atoms with van der Waals surface area (Å²) in [6, 6.07) is 8.19. The van der Waals surface area contributed by atoms with Gasteiger partial charge in [-0.1, -0.05) is 17.7 Å². The number of anilines is 1. The zero-order valence-electron chi connectivity index (χ0n) is 11.1. The van der Waals surface area contributed by atoms with E-state index in [1.54, 1.807) is 25.1 Å². The first kappa shape index (κ1) is 15.3. The second-order valence-corrected chi connectivity index (χ2v) is 4.73. The summed E-state index contributed by atoms with van der Waals surface area (Å²) in [5.41, 5.74) is 1.31. The summed E-state index contributed by atoms with van der Waals surface area (Å²) < 4.78 is 30.8. The fourth-order valence-corrected chi connectivity index (χ4v) is 1.82. The summed E-state index contributed by atoms with van der Waals surface area (Å²) in [5, 5.41) is 3.17. The van der Waals surface area contributed by atoms with Crippen molar-refractivity contribution in [2.45, 2.75) is 6.92 Å². The number of rotatable bonds is 4. The predicted octanol–water partition coefficient (Wildman–Crippen LogP) is 3.94. The van der Waals surface area contributed by atoms with Crippen LogP contribution >= 0.6 is 11.6 Å². The van der Waals surface area contributed by atoms with E-state index in [2.05, 4.69) is 5.32 Å². The minimum absolute atomic E-state index is 0.0758. The van der Waals surface area contributed by atoms with Crippen molar-refractivity contribution < 1.29 is 18.3 Å². The molecule has 0 saturated carbocycles. The van der Waals surface area contributed by atoms with Crippen molar-refractivity contribution in [2.75, 3.05) is 11.9 Å². The third-order valence-corrected chi connectivity index (χ3v) is 3.21. The number of hydrogen-bond donors (Lipinski definition) is 1. The van der Waals surface area contributed by atoms with Gasteiger partial charge in [0.25, 0.3) is 5.91 Å². The lowest BCUT2D eigenvalue weighted by Gasteiger charge is -2.10. The van der Waals surface area contributed by atoms with Crippen molar-refractivity contribution in [3.8, 4) is 5.75 Å². The van der Waals surface area contributed by atoms with Crippen LogP contribution in [0.25, 0.3) is 0 Å². The van der Waals surface area contributed by atoms with E-state index in [1.807, 2.05) is 0 Å². The molecule has 0 aliphatic heterocycles. The van der Waals surface area contributed by atoms with E-state index in [0.29, 0.717) is 10.7 Å². The van der Waals surface area contributed by atoms with Crippen LogP contribution in [0.2, 0.25) is 5.02 Å². The van der Waals surface area contributed by atoms with Crippen molar-refractivity contribution in [3.05, 3.63) is 58.6 Å². The molecule has 0 saturated heterocycles. The largest absolute Gasteiger partial charge is 0.484 e. The molecule has 1 N–H and O–H groups in total. The van der Waals surface area contributed by atoms with Crippen LogP contribution < -0.4 is 10.1 Å². The average Bonchev–Trinajstić information content (AvgIpc) is 2.45. The number of halogens is 3. The highest BCUT2D eigenvalue weighted by atomic mass is 35.5. The summed E-state index contributed by atoms with van der Waals surface area (Å²) in [6.45, 7) is 1.45. The lowest BCUT2D eigenvalue weighted by atomic mass is 10.2. The molecule has 0 aromatic heterocycles.